The first kappa shape index (κ1) is 23.2. The normalized spacial score (nSPS) is 22.0. The molecule has 1 aromatic heterocycles. The van der Waals surface area contributed by atoms with Crippen LogP contribution in [0.3, 0.4) is 0 Å². The van der Waals surface area contributed by atoms with Crippen LogP contribution < -0.4 is 10.6 Å². The molecular formula is C24H29F2N5O2. The minimum absolute atomic E-state index is 0.0257. The Morgan fingerprint density at radius 1 is 1.12 bits per heavy atom. The number of hydrogen-bond donors (Lipinski definition) is 3. The molecule has 2 aromatic rings. The third kappa shape index (κ3) is 6.54. The van der Waals surface area contributed by atoms with Crippen LogP contribution >= 0.6 is 0 Å². The van der Waals surface area contributed by atoms with Gasteiger partial charge in [0.2, 0.25) is 5.95 Å². The van der Waals surface area contributed by atoms with Gasteiger partial charge in [0.1, 0.15) is 17.3 Å². The highest BCUT2D eigenvalue weighted by atomic mass is 19.1. The molecule has 0 bridgehead atoms. The lowest BCUT2D eigenvalue weighted by Gasteiger charge is -2.26. The Morgan fingerprint density at radius 2 is 1.88 bits per heavy atom. The van der Waals surface area contributed by atoms with Gasteiger partial charge in [0.05, 0.1) is 30.0 Å². The Balaban J connectivity index is 1.48. The van der Waals surface area contributed by atoms with Crippen LogP contribution in [0.5, 0.6) is 0 Å². The molecule has 33 heavy (non-hydrogen) atoms. The summed E-state index contributed by atoms with van der Waals surface area (Å²) in [4.78, 5) is 24.7. The van der Waals surface area contributed by atoms with Gasteiger partial charge in [-0.1, -0.05) is 0 Å². The van der Waals surface area contributed by atoms with E-state index in [-0.39, 0.29) is 17.8 Å². The number of anilines is 2. The van der Waals surface area contributed by atoms with Crippen molar-refractivity contribution in [2.45, 2.75) is 69.9 Å². The number of carbonyl (C=O) groups is 1. The Kier molecular flexibility index (Phi) is 7.59. The van der Waals surface area contributed by atoms with E-state index in [1.807, 2.05) is 0 Å². The highest BCUT2D eigenvalue weighted by Gasteiger charge is 2.23. The highest BCUT2D eigenvalue weighted by Crippen LogP contribution is 2.29. The van der Waals surface area contributed by atoms with Gasteiger partial charge in [-0.3, -0.25) is 4.79 Å². The van der Waals surface area contributed by atoms with Crippen molar-refractivity contribution >= 4 is 29.4 Å². The molecule has 2 fully saturated rings. The lowest BCUT2D eigenvalue weighted by molar-refractivity contribution is -0.120. The second-order valence-corrected chi connectivity index (χ2v) is 8.89. The third-order valence-corrected chi connectivity index (χ3v) is 6.38. The van der Waals surface area contributed by atoms with Crippen LogP contribution in [0.4, 0.5) is 26.1 Å². The average Bonchev–Trinajstić information content (AvgIpc) is 2.80. The Morgan fingerprint density at radius 3 is 2.61 bits per heavy atom. The molecule has 0 aliphatic heterocycles. The average molecular weight is 458 g/mol. The highest BCUT2D eigenvalue weighted by molar-refractivity contribution is 5.79. The van der Waals surface area contributed by atoms with E-state index in [2.05, 4.69) is 20.6 Å². The van der Waals surface area contributed by atoms with Gasteiger partial charge in [0, 0.05) is 24.9 Å². The van der Waals surface area contributed by atoms with Crippen molar-refractivity contribution in [1.82, 2.24) is 9.97 Å². The van der Waals surface area contributed by atoms with Crippen LogP contribution in [0, 0.1) is 17.6 Å². The fourth-order valence-corrected chi connectivity index (χ4v) is 4.41. The van der Waals surface area contributed by atoms with Gasteiger partial charge in [-0.2, -0.15) is 0 Å². The van der Waals surface area contributed by atoms with E-state index < -0.39 is 11.6 Å². The van der Waals surface area contributed by atoms with Crippen molar-refractivity contribution in [2.75, 3.05) is 10.6 Å². The molecular weight excluding hydrogens is 428 g/mol. The lowest BCUT2D eigenvalue weighted by atomic mass is 9.84. The number of carbonyl (C=O) groups excluding carboxylic acids is 1. The van der Waals surface area contributed by atoms with Gasteiger partial charge < -0.3 is 15.7 Å². The van der Waals surface area contributed by atoms with Crippen molar-refractivity contribution in [3.63, 3.8) is 0 Å². The summed E-state index contributed by atoms with van der Waals surface area (Å²) in [6.07, 6.45) is 9.61. The summed E-state index contributed by atoms with van der Waals surface area (Å²) in [7, 11) is 0. The molecule has 1 heterocycles. The molecule has 2 saturated carbocycles. The monoisotopic (exact) mass is 457 g/mol. The van der Waals surface area contributed by atoms with Crippen LogP contribution in [-0.2, 0) is 11.2 Å². The lowest BCUT2D eigenvalue weighted by Crippen LogP contribution is -2.27. The van der Waals surface area contributed by atoms with Gasteiger partial charge in [-0.15, -0.1) is 0 Å². The molecule has 3 N–H and O–H groups in total. The summed E-state index contributed by atoms with van der Waals surface area (Å²) >= 11 is 0. The van der Waals surface area contributed by atoms with E-state index in [0.29, 0.717) is 42.6 Å². The number of ketones is 1. The van der Waals surface area contributed by atoms with Crippen LogP contribution in [0.15, 0.2) is 29.4 Å². The summed E-state index contributed by atoms with van der Waals surface area (Å²) in [6.45, 7) is 0. The molecule has 0 radical (unpaired) electrons. The van der Waals surface area contributed by atoms with E-state index in [0.717, 1.165) is 56.4 Å². The molecule has 2 aliphatic carbocycles. The Hall–Kier alpha value is -2.94. The second kappa shape index (κ2) is 10.8. The summed E-state index contributed by atoms with van der Waals surface area (Å²) in [6, 6.07) is 3.39. The maximum Gasteiger partial charge on any atom is 0.223 e. The largest absolute Gasteiger partial charge is 0.393 e. The first-order chi connectivity index (χ1) is 16.0. The summed E-state index contributed by atoms with van der Waals surface area (Å²) in [5.74, 6) is -0.178. The molecule has 0 atom stereocenters. The number of hydrogen-bond acceptors (Lipinski definition) is 6. The Bertz CT molecular complexity index is 998. The maximum atomic E-state index is 13.8. The van der Waals surface area contributed by atoms with Crippen LogP contribution in [0.2, 0.25) is 0 Å². The molecule has 2 aliphatic rings. The zero-order valence-corrected chi connectivity index (χ0v) is 18.4. The summed E-state index contributed by atoms with van der Waals surface area (Å²) < 4.78 is 26.9. The number of aliphatic hydroxyl groups excluding tert-OH is 1. The number of aliphatic hydroxyl groups is 1. The van der Waals surface area contributed by atoms with E-state index in [1.54, 1.807) is 6.20 Å². The molecule has 0 saturated heterocycles. The number of aliphatic imine (C=N–C) groups is 1. The van der Waals surface area contributed by atoms with Gasteiger partial charge in [0.25, 0.3) is 0 Å². The topological polar surface area (TPSA) is 99.5 Å². The number of aromatic nitrogens is 2. The molecule has 0 amide bonds. The van der Waals surface area contributed by atoms with E-state index in [1.165, 1.54) is 12.4 Å². The number of halogens is 2. The molecule has 0 spiro atoms. The quantitative estimate of drug-likeness (QED) is 0.417. The first-order valence-corrected chi connectivity index (χ1v) is 11.5. The van der Waals surface area contributed by atoms with Gasteiger partial charge >= 0.3 is 0 Å². The van der Waals surface area contributed by atoms with Crippen molar-refractivity contribution in [1.29, 1.82) is 0 Å². The van der Waals surface area contributed by atoms with Gasteiger partial charge in [0.15, 0.2) is 5.82 Å². The van der Waals surface area contributed by atoms with Crippen molar-refractivity contribution in [3.05, 3.63) is 41.7 Å². The summed E-state index contributed by atoms with van der Waals surface area (Å²) in [5, 5.41) is 16.2. The van der Waals surface area contributed by atoms with Crippen molar-refractivity contribution in [3.8, 4) is 0 Å². The molecule has 4 rings (SSSR count). The van der Waals surface area contributed by atoms with Crippen molar-refractivity contribution < 1.29 is 18.7 Å². The number of rotatable bonds is 7. The number of Topliss-reactive ketones (excluding diaryl/α,β-unsaturated/α-hetero) is 1. The summed E-state index contributed by atoms with van der Waals surface area (Å²) in [5.41, 5.74) is 1.50. The zero-order chi connectivity index (χ0) is 23.2. The standard InChI is InChI=1S/C24H29F2N5O2/c25-16-3-10-21(20(26)12-16)28-14-29-23-13-27-24(30-17-4-8-19(33)9-5-17)31-22(23)11-15-1-6-18(32)7-2-15/h3,10,12-15,17-18,32H,1-2,4-9,11H2,(H,28,29)(H,27,30,31). The SMILES string of the molecule is O=C1CCC(Nc2ncc(NC=Nc3ccc(F)cc3F)c(CC3CCC(O)CC3)n2)CC1. The zero-order valence-electron chi connectivity index (χ0n) is 18.4. The second-order valence-electron chi connectivity index (χ2n) is 8.89. The van der Waals surface area contributed by atoms with E-state index in [9.17, 15) is 18.7 Å². The molecule has 9 heteroatoms. The smallest absolute Gasteiger partial charge is 0.223 e. The first-order valence-electron chi connectivity index (χ1n) is 11.5. The van der Waals surface area contributed by atoms with Crippen molar-refractivity contribution in [2.24, 2.45) is 10.9 Å². The minimum atomic E-state index is -0.740. The number of nitrogens with zero attached hydrogens (tertiary/aromatic N) is 3. The predicted molar refractivity (Wildman–Crippen MR) is 123 cm³/mol. The van der Waals surface area contributed by atoms with E-state index >= 15 is 0 Å². The van der Waals surface area contributed by atoms with Gasteiger partial charge in [-0.25, -0.2) is 23.7 Å². The molecule has 7 nitrogen and oxygen atoms in total. The maximum absolute atomic E-state index is 13.8. The third-order valence-electron chi connectivity index (χ3n) is 6.38. The fraction of sp³-hybridized carbons (Fsp3) is 0.500. The predicted octanol–water partition coefficient (Wildman–Crippen LogP) is 4.54. The fourth-order valence-electron chi connectivity index (χ4n) is 4.41. The molecule has 176 valence electrons. The van der Waals surface area contributed by atoms with Crippen LogP contribution in [0.1, 0.15) is 57.1 Å². The Labute approximate surface area is 191 Å². The van der Waals surface area contributed by atoms with Gasteiger partial charge in [-0.05, 0) is 63.0 Å². The van der Waals surface area contributed by atoms with Crippen LogP contribution in [-0.4, -0.2) is 39.3 Å². The molecule has 0 unspecified atom stereocenters. The number of benzene rings is 1. The van der Waals surface area contributed by atoms with E-state index in [4.69, 9.17) is 4.98 Å². The molecule has 1 aromatic carbocycles. The van der Waals surface area contributed by atoms with Crippen LogP contribution in [0.25, 0.3) is 0 Å². The number of nitrogens with one attached hydrogen (secondary N) is 2. The minimum Gasteiger partial charge on any atom is -0.393 e.